The van der Waals surface area contributed by atoms with Crippen LogP contribution in [0.15, 0.2) is 79.1 Å². The average molecular weight is 556 g/mol. The number of hydrogen-bond donors (Lipinski definition) is 2. The molecule has 1 aliphatic rings. The normalized spacial score (nSPS) is 14.4. The average Bonchev–Trinajstić information content (AvgIpc) is 3.72. The highest BCUT2D eigenvalue weighted by Crippen LogP contribution is 2.38. The minimum absolute atomic E-state index is 0.262. The van der Waals surface area contributed by atoms with Gasteiger partial charge in [0, 0.05) is 17.3 Å². The summed E-state index contributed by atoms with van der Waals surface area (Å²) in [6, 6.07) is 20.3. The van der Waals surface area contributed by atoms with Crippen molar-refractivity contribution in [2.45, 2.75) is 31.0 Å². The van der Waals surface area contributed by atoms with Crippen LogP contribution >= 0.6 is 11.6 Å². The number of aromatic nitrogens is 4. The lowest BCUT2D eigenvalue weighted by atomic mass is 10.0. The summed E-state index contributed by atoms with van der Waals surface area (Å²) in [4.78, 5) is 4.41. The molecule has 2 N–H and O–H groups in total. The van der Waals surface area contributed by atoms with Crippen molar-refractivity contribution in [1.29, 1.82) is 5.26 Å². The summed E-state index contributed by atoms with van der Waals surface area (Å²) >= 11 is 6.70. The molecule has 2 aromatic heterocycles. The fourth-order valence-corrected chi connectivity index (χ4v) is 5.01. The topological polar surface area (TPSA) is 91.5 Å². The quantitative estimate of drug-likeness (QED) is 0.201. The van der Waals surface area contributed by atoms with Crippen molar-refractivity contribution in [3.8, 4) is 6.07 Å². The van der Waals surface area contributed by atoms with Gasteiger partial charge in [0.15, 0.2) is 0 Å². The van der Waals surface area contributed by atoms with Gasteiger partial charge in [-0.2, -0.15) is 5.26 Å². The van der Waals surface area contributed by atoms with Gasteiger partial charge in [0.25, 0.3) is 0 Å². The van der Waals surface area contributed by atoms with Crippen LogP contribution in [-0.4, -0.2) is 26.7 Å². The molecule has 0 radical (unpaired) electrons. The number of alkyl halides is 1. The maximum absolute atomic E-state index is 14.2. The van der Waals surface area contributed by atoms with Crippen molar-refractivity contribution < 1.29 is 8.78 Å². The first kappa shape index (κ1) is 25.7. The van der Waals surface area contributed by atoms with E-state index in [1.54, 1.807) is 18.2 Å². The van der Waals surface area contributed by atoms with Crippen LogP contribution < -0.4 is 10.6 Å². The minimum atomic E-state index is -0.687. The second-order valence-electron chi connectivity index (χ2n) is 9.76. The summed E-state index contributed by atoms with van der Waals surface area (Å²) in [6.45, 7) is -0.687. The van der Waals surface area contributed by atoms with E-state index < -0.39 is 18.8 Å². The molecule has 3 aromatic carbocycles. The largest absolute Gasteiger partial charge is 0.374 e. The highest BCUT2D eigenvalue weighted by atomic mass is 35.5. The molecule has 1 aliphatic carbocycles. The zero-order chi connectivity index (χ0) is 27.6. The molecule has 1 unspecified atom stereocenters. The summed E-state index contributed by atoms with van der Waals surface area (Å²) in [5.41, 5.74) is 3.97. The van der Waals surface area contributed by atoms with E-state index in [2.05, 4.69) is 32.0 Å². The van der Waals surface area contributed by atoms with Crippen LogP contribution in [0.1, 0.15) is 53.4 Å². The number of anilines is 2. The van der Waals surface area contributed by atoms with E-state index in [-0.39, 0.29) is 11.4 Å². The number of nitrogens with zero attached hydrogens (tertiary/aromatic N) is 5. The summed E-state index contributed by atoms with van der Waals surface area (Å²) in [6.07, 6.45) is 5.45. The van der Waals surface area contributed by atoms with Gasteiger partial charge < -0.3 is 10.6 Å². The van der Waals surface area contributed by atoms with Crippen molar-refractivity contribution in [3.63, 3.8) is 0 Å². The number of rotatable bonds is 9. The Labute approximate surface area is 234 Å². The maximum atomic E-state index is 14.2. The Hall–Kier alpha value is -4.55. The third-order valence-electron chi connectivity index (χ3n) is 6.98. The third kappa shape index (κ3) is 5.18. The molecule has 6 rings (SSSR count). The Bertz CT molecular complexity index is 1700. The number of nitriles is 1. The molecule has 0 bridgehead atoms. The predicted octanol–water partition coefficient (Wildman–Crippen LogP) is 7.15. The lowest BCUT2D eigenvalue weighted by Crippen LogP contribution is -2.15. The Morgan fingerprint density at radius 1 is 1.05 bits per heavy atom. The number of hydrogen-bond acceptors (Lipinski definition) is 6. The van der Waals surface area contributed by atoms with Crippen molar-refractivity contribution in [2.24, 2.45) is 0 Å². The molecule has 10 heteroatoms. The Kier molecular flexibility index (Phi) is 7.01. The van der Waals surface area contributed by atoms with Crippen molar-refractivity contribution in [1.82, 2.24) is 20.0 Å². The van der Waals surface area contributed by atoms with Crippen LogP contribution in [0.4, 0.5) is 20.2 Å². The molecule has 0 aliphatic heterocycles. The molecule has 1 fully saturated rings. The van der Waals surface area contributed by atoms with E-state index in [0.29, 0.717) is 39.0 Å². The van der Waals surface area contributed by atoms with E-state index >= 15 is 0 Å². The summed E-state index contributed by atoms with van der Waals surface area (Å²) in [5, 5.41) is 26.2. The number of halogens is 3. The van der Waals surface area contributed by atoms with Crippen LogP contribution in [-0.2, 0) is 0 Å². The Morgan fingerprint density at radius 3 is 2.52 bits per heavy atom. The van der Waals surface area contributed by atoms with Gasteiger partial charge in [-0.1, -0.05) is 59.3 Å². The SMILES string of the molecule is N#Cc1cnc2c(Cl)cc(N[C@@H](c3ccc(F)cc3)c3cn(C4CC4)nn3)cc2c1NC(CF)c1ccccc1. The molecule has 0 saturated heterocycles. The molecular weight excluding hydrogens is 532 g/mol. The molecule has 0 spiro atoms. The molecule has 1 saturated carbocycles. The van der Waals surface area contributed by atoms with E-state index in [1.165, 1.54) is 18.3 Å². The van der Waals surface area contributed by atoms with Gasteiger partial charge >= 0.3 is 0 Å². The van der Waals surface area contributed by atoms with E-state index in [4.69, 9.17) is 11.6 Å². The number of fused-ring (bicyclic) bond motifs is 1. The molecule has 5 aromatic rings. The molecular formula is C30H24ClF2N7. The number of nitrogens with one attached hydrogen (secondary N) is 2. The highest BCUT2D eigenvalue weighted by molar-refractivity contribution is 6.35. The minimum Gasteiger partial charge on any atom is -0.374 e. The maximum Gasteiger partial charge on any atom is 0.123 e. The molecule has 200 valence electrons. The molecule has 7 nitrogen and oxygen atoms in total. The van der Waals surface area contributed by atoms with E-state index in [0.717, 1.165) is 24.0 Å². The van der Waals surface area contributed by atoms with Crippen molar-refractivity contribution in [3.05, 3.63) is 112 Å². The molecule has 2 heterocycles. The van der Waals surface area contributed by atoms with Crippen LogP contribution in [0, 0.1) is 17.1 Å². The first-order valence-corrected chi connectivity index (χ1v) is 13.3. The van der Waals surface area contributed by atoms with Gasteiger partial charge in [0.1, 0.15) is 24.3 Å². The van der Waals surface area contributed by atoms with Gasteiger partial charge in [0.05, 0.1) is 46.1 Å². The Morgan fingerprint density at radius 2 is 1.82 bits per heavy atom. The van der Waals surface area contributed by atoms with E-state index in [9.17, 15) is 14.0 Å². The Balaban J connectivity index is 1.42. The molecule has 0 amide bonds. The zero-order valence-corrected chi connectivity index (χ0v) is 22.0. The second-order valence-corrected chi connectivity index (χ2v) is 10.2. The van der Waals surface area contributed by atoms with Gasteiger partial charge in [0.2, 0.25) is 0 Å². The zero-order valence-electron chi connectivity index (χ0n) is 21.2. The van der Waals surface area contributed by atoms with E-state index in [1.807, 2.05) is 47.3 Å². The lowest BCUT2D eigenvalue weighted by molar-refractivity contribution is 0.453. The summed E-state index contributed by atoms with van der Waals surface area (Å²) < 4.78 is 29.8. The first-order valence-electron chi connectivity index (χ1n) is 12.9. The van der Waals surface area contributed by atoms with Crippen LogP contribution in [0.2, 0.25) is 5.02 Å². The standard InChI is InChI=1S/C30H24ClF2N7/c31-25-13-22(36-29(19-6-8-21(33)9-7-19)27-17-40(39-38-27)23-10-11-23)12-24-28(20(15-34)16-35-30(24)25)37-26(14-32)18-4-2-1-3-5-18/h1-9,12-13,16-17,23,26,29,36H,10-11,14H2,(H,35,37)/t26?,29-/m0/s1. The second kappa shape index (κ2) is 10.9. The molecule has 40 heavy (non-hydrogen) atoms. The van der Waals surface area contributed by atoms with Gasteiger partial charge in [-0.3, -0.25) is 4.98 Å². The highest BCUT2D eigenvalue weighted by Gasteiger charge is 2.27. The van der Waals surface area contributed by atoms with Crippen molar-refractivity contribution >= 4 is 33.9 Å². The summed E-state index contributed by atoms with van der Waals surface area (Å²) in [5.74, 6) is -0.343. The monoisotopic (exact) mass is 555 g/mol. The van der Waals surface area contributed by atoms with Crippen LogP contribution in [0.5, 0.6) is 0 Å². The van der Waals surface area contributed by atoms with Gasteiger partial charge in [-0.15, -0.1) is 5.10 Å². The van der Waals surface area contributed by atoms with Gasteiger partial charge in [-0.25, -0.2) is 13.5 Å². The smallest absolute Gasteiger partial charge is 0.123 e. The van der Waals surface area contributed by atoms with Crippen LogP contribution in [0.3, 0.4) is 0 Å². The predicted molar refractivity (Wildman–Crippen MR) is 150 cm³/mol. The number of pyridine rings is 1. The lowest BCUT2D eigenvalue weighted by Gasteiger charge is -2.22. The van der Waals surface area contributed by atoms with Crippen molar-refractivity contribution in [2.75, 3.05) is 17.3 Å². The summed E-state index contributed by atoms with van der Waals surface area (Å²) in [7, 11) is 0. The fourth-order valence-electron chi connectivity index (χ4n) is 4.74. The molecule has 2 atom stereocenters. The van der Waals surface area contributed by atoms with Gasteiger partial charge in [-0.05, 0) is 48.2 Å². The number of benzene rings is 3. The third-order valence-corrected chi connectivity index (χ3v) is 7.27. The van der Waals surface area contributed by atoms with Crippen LogP contribution in [0.25, 0.3) is 10.9 Å². The fraction of sp³-hybridized carbons (Fsp3) is 0.200. The first-order chi connectivity index (χ1) is 19.5.